The minimum Gasteiger partial charge on any atom is -0.345 e. The zero-order valence-corrected chi connectivity index (χ0v) is 31.3. The average Bonchev–Trinajstić information content (AvgIpc) is 3.42. The van der Waals surface area contributed by atoms with Gasteiger partial charge in [-0.05, 0) is 112 Å². The molecule has 8 nitrogen and oxygen atoms in total. The number of unbranched alkanes of at least 4 members (excludes halogenated alkanes) is 2. The zero-order valence-electron chi connectivity index (χ0n) is 29.6. The second-order valence-corrected chi connectivity index (χ2v) is 19.4. The number of fused-ring (bicyclic) bond motifs is 4. The van der Waals surface area contributed by atoms with Crippen molar-refractivity contribution in [2.24, 2.45) is 47.3 Å². The number of hydrogen-bond donors (Lipinski definition) is 0. The molecule has 2 saturated carbocycles. The van der Waals surface area contributed by atoms with Crippen LogP contribution in [0.3, 0.4) is 0 Å². The molecule has 10 aliphatic rings. The van der Waals surface area contributed by atoms with Crippen LogP contribution in [0.15, 0.2) is 0 Å². The second-order valence-electron chi connectivity index (χ2n) is 17.1. The Labute approximate surface area is 291 Å². The third-order valence-corrected chi connectivity index (χ3v) is 16.5. The van der Waals surface area contributed by atoms with Crippen LogP contribution in [0.4, 0.5) is 0 Å². The van der Waals surface area contributed by atoms with E-state index in [2.05, 4.69) is 51.2 Å². The van der Waals surface area contributed by atoms with Crippen LogP contribution >= 0.6 is 23.5 Å². The summed E-state index contributed by atoms with van der Waals surface area (Å²) in [6, 6.07) is 0. The highest BCUT2D eigenvalue weighted by Crippen LogP contribution is 2.62. The van der Waals surface area contributed by atoms with Gasteiger partial charge in [0.1, 0.15) is 0 Å². The summed E-state index contributed by atoms with van der Waals surface area (Å²) in [5.41, 5.74) is -0.901. The standard InChI is InChI=1S/C37H60O8S2/c1-22-10-12-28-24(3)30(38-32-36(28)26(22)14-16-34(5,40-32)42-44-36)20-46-18-8-7-9-19-47-21-31-25(4)29-13-11-23(2)27-15-17-35(6)41-33(39-31)37(27,29)45-43-35/h22-33H,7-21H2,1-6H3/t22-,23+,24-,25+,26+,27-,28+,29-,30?,31?,32+,33-,34-,35+,36-,37+. The molecule has 268 valence electrons. The average molecular weight is 697 g/mol. The minimum absolute atomic E-state index is 0.197. The molecule has 2 aliphatic carbocycles. The van der Waals surface area contributed by atoms with Gasteiger partial charge in [-0.25, -0.2) is 19.6 Å². The molecule has 8 heterocycles. The Kier molecular flexibility index (Phi) is 9.61. The third kappa shape index (κ3) is 5.72. The van der Waals surface area contributed by atoms with Gasteiger partial charge in [0.25, 0.3) is 0 Å². The van der Waals surface area contributed by atoms with E-state index in [1.165, 1.54) is 56.5 Å². The fraction of sp³-hybridized carbons (Fsp3) is 1.00. The van der Waals surface area contributed by atoms with Crippen molar-refractivity contribution in [2.45, 2.75) is 160 Å². The van der Waals surface area contributed by atoms with E-state index >= 15 is 0 Å². The molecule has 16 atom stereocenters. The normalized spacial score (nSPS) is 54.8. The lowest BCUT2D eigenvalue weighted by molar-refractivity contribution is -0.570. The van der Waals surface area contributed by atoms with E-state index in [0.717, 1.165) is 37.2 Å². The highest BCUT2D eigenvalue weighted by atomic mass is 32.2. The predicted octanol–water partition coefficient (Wildman–Crippen LogP) is 8.12. The van der Waals surface area contributed by atoms with Crippen molar-refractivity contribution in [3.05, 3.63) is 0 Å². The lowest BCUT2D eigenvalue weighted by Crippen LogP contribution is -2.70. The fourth-order valence-electron chi connectivity index (χ4n) is 11.3. The number of ether oxygens (including phenoxy) is 4. The zero-order chi connectivity index (χ0) is 32.6. The lowest BCUT2D eigenvalue weighted by Gasteiger charge is -2.60. The fourth-order valence-corrected chi connectivity index (χ4v) is 13.7. The molecule has 47 heavy (non-hydrogen) atoms. The number of hydrogen-bond acceptors (Lipinski definition) is 10. The van der Waals surface area contributed by atoms with Crippen molar-refractivity contribution in [3.63, 3.8) is 0 Å². The molecule has 0 aromatic heterocycles. The van der Waals surface area contributed by atoms with E-state index in [4.69, 9.17) is 38.5 Å². The Morgan fingerprint density at radius 3 is 1.43 bits per heavy atom. The first-order valence-electron chi connectivity index (χ1n) is 19.1. The summed E-state index contributed by atoms with van der Waals surface area (Å²) in [6.07, 6.45) is 12.3. The Hall–Kier alpha value is 0.380. The van der Waals surface area contributed by atoms with Gasteiger partial charge in [-0.3, -0.25) is 0 Å². The summed E-state index contributed by atoms with van der Waals surface area (Å²) < 4.78 is 26.7. The summed E-state index contributed by atoms with van der Waals surface area (Å²) in [6.45, 7) is 13.6. The van der Waals surface area contributed by atoms with E-state index in [-0.39, 0.29) is 24.8 Å². The minimum atomic E-state index is -0.695. The van der Waals surface area contributed by atoms with Crippen LogP contribution in [-0.4, -0.2) is 70.6 Å². The van der Waals surface area contributed by atoms with Crippen LogP contribution < -0.4 is 0 Å². The predicted molar refractivity (Wildman–Crippen MR) is 182 cm³/mol. The largest absolute Gasteiger partial charge is 0.345 e. The summed E-state index contributed by atoms with van der Waals surface area (Å²) in [5, 5.41) is 0. The Bertz CT molecular complexity index is 1050. The van der Waals surface area contributed by atoms with Gasteiger partial charge < -0.3 is 18.9 Å². The topological polar surface area (TPSA) is 73.8 Å². The second kappa shape index (κ2) is 13.1. The van der Waals surface area contributed by atoms with Gasteiger partial charge in [-0.1, -0.05) is 34.1 Å². The van der Waals surface area contributed by atoms with Crippen LogP contribution in [0.1, 0.15) is 112 Å². The molecule has 10 rings (SSSR count). The van der Waals surface area contributed by atoms with Crippen molar-refractivity contribution in [1.82, 2.24) is 0 Å². The first kappa shape index (κ1) is 34.5. The highest BCUT2D eigenvalue weighted by molar-refractivity contribution is 7.99. The molecule has 0 N–H and O–H groups in total. The van der Waals surface area contributed by atoms with E-state index in [1.807, 2.05) is 13.8 Å². The number of rotatable bonds is 10. The van der Waals surface area contributed by atoms with Gasteiger partial charge in [-0.15, -0.1) is 0 Å². The molecular formula is C37H60O8S2. The van der Waals surface area contributed by atoms with Gasteiger partial charge >= 0.3 is 0 Å². The molecule has 10 heteroatoms. The SMILES string of the molecule is C[C@@H]1CC[C@H]2[C@@H](C)C(CSCCCCCSCC3O[C@@H]4O[C@]5(C)CC[C@@H]6[C@@H](C)CC[C@H]([C@@H]3C)[C@]46OO5)O[C@H]3O[C@@]4(C)CC[C@@H]1[C@]32OO4. The van der Waals surface area contributed by atoms with E-state index in [1.54, 1.807) is 0 Å². The van der Waals surface area contributed by atoms with Crippen LogP contribution in [0.25, 0.3) is 0 Å². The molecule has 0 amide bonds. The molecule has 2 unspecified atom stereocenters. The summed E-state index contributed by atoms with van der Waals surface area (Å²) in [5.74, 6) is 6.81. The van der Waals surface area contributed by atoms with Gasteiger partial charge in [0, 0.05) is 36.2 Å². The first-order chi connectivity index (χ1) is 22.6. The third-order valence-electron chi connectivity index (χ3n) is 14.2. The van der Waals surface area contributed by atoms with Crippen molar-refractivity contribution in [2.75, 3.05) is 23.0 Å². The monoisotopic (exact) mass is 696 g/mol. The molecule has 2 spiro atoms. The Morgan fingerprint density at radius 1 is 0.532 bits per heavy atom. The Balaban J connectivity index is 0.773. The van der Waals surface area contributed by atoms with Crippen molar-refractivity contribution in [1.29, 1.82) is 0 Å². The molecule has 4 bridgehead atoms. The molecular weight excluding hydrogens is 637 g/mol. The first-order valence-corrected chi connectivity index (χ1v) is 21.5. The molecule has 0 radical (unpaired) electrons. The van der Waals surface area contributed by atoms with E-state index in [9.17, 15) is 0 Å². The quantitative estimate of drug-likeness (QED) is 0.165. The van der Waals surface area contributed by atoms with Crippen molar-refractivity contribution < 1.29 is 38.5 Å². The summed E-state index contributed by atoms with van der Waals surface area (Å²) >= 11 is 4.11. The van der Waals surface area contributed by atoms with Crippen molar-refractivity contribution >= 4 is 23.5 Å². The van der Waals surface area contributed by atoms with Crippen LogP contribution in [0.5, 0.6) is 0 Å². The maximum absolute atomic E-state index is 6.79. The Morgan fingerprint density at radius 2 is 0.979 bits per heavy atom. The number of thioether (sulfide) groups is 2. The van der Waals surface area contributed by atoms with Gasteiger partial charge in [0.15, 0.2) is 23.8 Å². The van der Waals surface area contributed by atoms with Gasteiger partial charge in [0.05, 0.1) is 12.2 Å². The van der Waals surface area contributed by atoms with Crippen molar-refractivity contribution in [3.8, 4) is 0 Å². The molecule has 0 aromatic rings. The lowest BCUT2D eigenvalue weighted by atomic mass is 9.57. The molecule has 0 aromatic carbocycles. The highest BCUT2D eigenvalue weighted by Gasteiger charge is 2.70. The van der Waals surface area contributed by atoms with E-state index < -0.39 is 22.8 Å². The molecule has 10 fully saturated rings. The van der Waals surface area contributed by atoms with Crippen LogP contribution in [-0.2, 0) is 38.5 Å². The van der Waals surface area contributed by atoms with Crippen LogP contribution in [0, 0.1) is 47.3 Å². The van der Waals surface area contributed by atoms with E-state index in [0.29, 0.717) is 47.3 Å². The summed E-state index contributed by atoms with van der Waals surface area (Å²) in [4.78, 5) is 24.6. The maximum atomic E-state index is 6.79. The van der Waals surface area contributed by atoms with Crippen LogP contribution in [0.2, 0.25) is 0 Å². The summed E-state index contributed by atoms with van der Waals surface area (Å²) in [7, 11) is 0. The molecule has 8 aliphatic heterocycles. The molecule has 8 saturated heterocycles. The smallest absolute Gasteiger partial charge is 0.201 e. The van der Waals surface area contributed by atoms with Gasteiger partial charge in [0.2, 0.25) is 11.6 Å². The van der Waals surface area contributed by atoms with Gasteiger partial charge in [-0.2, -0.15) is 23.5 Å². The maximum Gasteiger partial charge on any atom is 0.201 e.